The minimum Gasteiger partial charge on any atom is -0.294 e. The maximum Gasteiger partial charge on any atom is 0.233 e. The fourth-order valence-electron chi connectivity index (χ4n) is 1.26. The Morgan fingerprint density at radius 3 is 2.88 bits per heavy atom. The average Bonchev–Trinajstić information content (AvgIpc) is 2.35. The predicted molar refractivity (Wildman–Crippen MR) is 70.8 cm³/mol. The van der Waals surface area contributed by atoms with Crippen LogP contribution in [0.3, 0.4) is 0 Å². The molecule has 17 heavy (non-hydrogen) atoms. The number of carbonyl (C=O) groups excluding carboxylic acids is 1. The molecule has 0 atom stereocenters. The third-order valence-corrected chi connectivity index (χ3v) is 3.41. The molecule has 0 fully saturated rings. The van der Waals surface area contributed by atoms with Gasteiger partial charge in [-0.05, 0) is 30.7 Å². The van der Waals surface area contributed by atoms with Crippen LogP contribution < -0.4 is 11.3 Å². The van der Waals surface area contributed by atoms with Gasteiger partial charge in [-0.25, -0.2) is 10.8 Å². The van der Waals surface area contributed by atoms with Crippen molar-refractivity contribution in [2.24, 2.45) is 5.84 Å². The van der Waals surface area contributed by atoms with E-state index in [4.69, 9.17) is 17.4 Å². The van der Waals surface area contributed by atoms with Crippen LogP contribution in [-0.4, -0.2) is 16.6 Å². The highest BCUT2D eigenvalue weighted by atomic mass is 35.5. The van der Waals surface area contributed by atoms with Gasteiger partial charge in [0, 0.05) is 12.6 Å². The molecule has 1 amide bonds. The number of nitrogens with zero attached hydrogens (tertiary/aromatic N) is 1. The molecule has 0 spiro atoms. The van der Waals surface area contributed by atoms with Crippen molar-refractivity contribution in [1.82, 2.24) is 10.4 Å². The van der Waals surface area contributed by atoms with E-state index in [1.165, 1.54) is 0 Å². The Hall–Kier alpha value is -0.780. The second-order valence-electron chi connectivity index (χ2n) is 3.54. The Kier molecular flexibility index (Phi) is 7.00. The number of nitrogens with one attached hydrogen (secondary N) is 1. The molecule has 0 unspecified atom stereocenters. The van der Waals surface area contributed by atoms with E-state index in [0.717, 1.165) is 30.0 Å². The second kappa shape index (κ2) is 8.33. The van der Waals surface area contributed by atoms with E-state index in [1.54, 1.807) is 18.0 Å². The maximum absolute atomic E-state index is 10.8. The molecule has 1 rings (SSSR count). The number of pyridine rings is 1. The van der Waals surface area contributed by atoms with Gasteiger partial charge in [0.15, 0.2) is 0 Å². The van der Waals surface area contributed by atoms with Gasteiger partial charge in [0.1, 0.15) is 0 Å². The summed E-state index contributed by atoms with van der Waals surface area (Å²) in [5.41, 5.74) is 2.12. The standard InChI is InChI=1S/C11H16ClN3OS/c12-9-5-6-11(14-8-9)17-7-3-1-2-4-10(16)15-13/h5-6,8H,1-4,7,13H2,(H,15,16). The van der Waals surface area contributed by atoms with Gasteiger partial charge in [0.25, 0.3) is 0 Å². The molecule has 1 aromatic heterocycles. The van der Waals surface area contributed by atoms with Crippen molar-refractivity contribution in [3.63, 3.8) is 0 Å². The van der Waals surface area contributed by atoms with E-state index in [2.05, 4.69) is 10.4 Å². The van der Waals surface area contributed by atoms with Crippen LogP contribution >= 0.6 is 23.4 Å². The zero-order valence-electron chi connectivity index (χ0n) is 9.49. The number of amides is 1. The highest BCUT2D eigenvalue weighted by molar-refractivity contribution is 7.99. The highest BCUT2D eigenvalue weighted by Crippen LogP contribution is 2.18. The van der Waals surface area contributed by atoms with Crippen LogP contribution in [0.15, 0.2) is 23.4 Å². The molecule has 6 heteroatoms. The van der Waals surface area contributed by atoms with Crippen molar-refractivity contribution in [1.29, 1.82) is 0 Å². The van der Waals surface area contributed by atoms with Gasteiger partial charge in [-0.15, -0.1) is 11.8 Å². The summed E-state index contributed by atoms with van der Waals surface area (Å²) in [7, 11) is 0. The molecule has 0 saturated heterocycles. The topological polar surface area (TPSA) is 68.0 Å². The third-order valence-electron chi connectivity index (χ3n) is 2.16. The number of halogens is 1. The summed E-state index contributed by atoms with van der Waals surface area (Å²) in [6.07, 6.45) is 5.11. The summed E-state index contributed by atoms with van der Waals surface area (Å²) >= 11 is 7.44. The molecular weight excluding hydrogens is 258 g/mol. The van der Waals surface area contributed by atoms with E-state index >= 15 is 0 Å². The number of nitrogens with two attached hydrogens (primary N) is 1. The Morgan fingerprint density at radius 2 is 2.24 bits per heavy atom. The largest absolute Gasteiger partial charge is 0.294 e. The van der Waals surface area contributed by atoms with Gasteiger partial charge < -0.3 is 0 Å². The Morgan fingerprint density at radius 1 is 1.41 bits per heavy atom. The molecule has 0 radical (unpaired) electrons. The molecule has 4 nitrogen and oxygen atoms in total. The van der Waals surface area contributed by atoms with Crippen molar-refractivity contribution in [2.45, 2.75) is 30.7 Å². The Balaban J connectivity index is 2.04. The normalized spacial score (nSPS) is 10.2. The lowest BCUT2D eigenvalue weighted by Gasteiger charge is -2.01. The molecule has 0 aliphatic carbocycles. The Labute approximate surface area is 110 Å². The smallest absolute Gasteiger partial charge is 0.233 e. The number of hydrogen-bond acceptors (Lipinski definition) is 4. The van der Waals surface area contributed by atoms with Crippen molar-refractivity contribution < 1.29 is 4.79 Å². The van der Waals surface area contributed by atoms with Crippen LogP contribution in [0, 0.1) is 0 Å². The van der Waals surface area contributed by atoms with E-state index in [1.807, 2.05) is 12.1 Å². The maximum atomic E-state index is 10.8. The van der Waals surface area contributed by atoms with E-state index in [0.29, 0.717) is 11.4 Å². The van der Waals surface area contributed by atoms with Crippen LogP contribution in [-0.2, 0) is 4.79 Å². The molecule has 0 saturated carbocycles. The lowest BCUT2D eigenvalue weighted by Crippen LogP contribution is -2.29. The zero-order chi connectivity index (χ0) is 12.5. The van der Waals surface area contributed by atoms with Crippen LogP contribution in [0.2, 0.25) is 5.02 Å². The molecule has 0 aromatic carbocycles. The number of hydrazine groups is 1. The summed E-state index contributed by atoms with van der Waals surface area (Å²) in [4.78, 5) is 15.0. The minimum atomic E-state index is -0.1000. The summed E-state index contributed by atoms with van der Waals surface area (Å²) in [5.74, 6) is 5.88. The summed E-state index contributed by atoms with van der Waals surface area (Å²) in [6.45, 7) is 0. The van der Waals surface area contributed by atoms with Gasteiger partial charge in [-0.3, -0.25) is 10.2 Å². The van der Waals surface area contributed by atoms with Crippen LogP contribution in [0.5, 0.6) is 0 Å². The molecule has 0 aliphatic rings. The van der Waals surface area contributed by atoms with Gasteiger partial charge in [0.05, 0.1) is 10.0 Å². The predicted octanol–water partition coefficient (Wildman–Crippen LogP) is 2.38. The molecule has 1 aromatic rings. The van der Waals surface area contributed by atoms with Crippen LogP contribution in [0.1, 0.15) is 25.7 Å². The third kappa shape index (κ3) is 6.51. The summed E-state index contributed by atoms with van der Waals surface area (Å²) in [6, 6.07) is 3.75. The first kappa shape index (κ1) is 14.3. The SMILES string of the molecule is NNC(=O)CCCCCSc1ccc(Cl)cn1. The van der Waals surface area contributed by atoms with Crippen molar-refractivity contribution in [2.75, 3.05) is 5.75 Å². The van der Waals surface area contributed by atoms with E-state index in [9.17, 15) is 4.79 Å². The number of hydrogen-bond donors (Lipinski definition) is 2. The number of carbonyl (C=O) groups is 1. The number of thioether (sulfide) groups is 1. The fourth-order valence-corrected chi connectivity index (χ4v) is 2.22. The fraction of sp³-hybridized carbons (Fsp3) is 0.455. The zero-order valence-corrected chi connectivity index (χ0v) is 11.1. The van der Waals surface area contributed by atoms with E-state index < -0.39 is 0 Å². The molecule has 3 N–H and O–H groups in total. The first-order chi connectivity index (χ1) is 8.22. The molecule has 0 aliphatic heterocycles. The molecule has 94 valence electrons. The monoisotopic (exact) mass is 273 g/mol. The molecule has 0 bridgehead atoms. The second-order valence-corrected chi connectivity index (χ2v) is 5.09. The van der Waals surface area contributed by atoms with Crippen molar-refractivity contribution in [3.05, 3.63) is 23.4 Å². The number of aromatic nitrogens is 1. The van der Waals surface area contributed by atoms with Crippen molar-refractivity contribution >= 4 is 29.3 Å². The van der Waals surface area contributed by atoms with Gasteiger partial charge >= 0.3 is 0 Å². The van der Waals surface area contributed by atoms with Gasteiger partial charge in [0.2, 0.25) is 5.91 Å². The van der Waals surface area contributed by atoms with Gasteiger partial charge in [-0.2, -0.15) is 0 Å². The van der Waals surface area contributed by atoms with Crippen LogP contribution in [0.4, 0.5) is 0 Å². The lowest BCUT2D eigenvalue weighted by molar-refractivity contribution is -0.121. The number of rotatable bonds is 7. The minimum absolute atomic E-state index is 0.1000. The summed E-state index contributed by atoms with van der Waals surface area (Å²) in [5, 5.41) is 1.64. The first-order valence-electron chi connectivity index (χ1n) is 5.46. The lowest BCUT2D eigenvalue weighted by atomic mass is 10.2. The Bertz CT molecular complexity index is 345. The molecule has 1 heterocycles. The first-order valence-corrected chi connectivity index (χ1v) is 6.82. The summed E-state index contributed by atoms with van der Waals surface area (Å²) < 4.78 is 0. The average molecular weight is 274 g/mol. The van der Waals surface area contributed by atoms with Crippen molar-refractivity contribution in [3.8, 4) is 0 Å². The van der Waals surface area contributed by atoms with Gasteiger partial charge in [-0.1, -0.05) is 18.0 Å². The van der Waals surface area contributed by atoms with E-state index in [-0.39, 0.29) is 5.91 Å². The molecular formula is C11H16ClN3OS. The quantitative estimate of drug-likeness (QED) is 0.263. The highest BCUT2D eigenvalue weighted by Gasteiger charge is 1.99. The number of unbranched alkanes of at least 4 members (excludes halogenated alkanes) is 2. The van der Waals surface area contributed by atoms with Crippen LogP contribution in [0.25, 0.3) is 0 Å².